The van der Waals surface area contributed by atoms with E-state index in [0.29, 0.717) is 11.5 Å². The third kappa shape index (κ3) is 3.95. The summed E-state index contributed by atoms with van der Waals surface area (Å²) in [6.07, 6.45) is 5.11. The SMILES string of the molecule is COc1cccc(CC(O)C(OC)C2CCCCC2)c1F. The number of hydrogen-bond donors (Lipinski definition) is 1. The van der Waals surface area contributed by atoms with Gasteiger partial charge in [-0.1, -0.05) is 31.4 Å². The van der Waals surface area contributed by atoms with Crippen LogP contribution in [0.1, 0.15) is 37.7 Å². The summed E-state index contributed by atoms with van der Waals surface area (Å²) in [7, 11) is 3.07. The van der Waals surface area contributed by atoms with Gasteiger partial charge >= 0.3 is 0 Å². The molecule has 1 aromatic rings. The maximum Gasteiger partial charge on any atom is 0.168 e. The Balaban J connectivity index is 2.06. The summed E-state index contributed by atoms with van der Waals surface area (Å²) in [6, 6.07) is 5.02. The molecule has 118 valence electrons. The first-order valence-corrected chi connectivity index (χ1v) is 7.69. The van der Waals surface area contributed by atoms with Gasteiger partial charge in [-0.15, -0.1) is 0 Å². The van der Waals surface area contributed by atoms with E-state index in [1.165, 1.54) is 26.4 Å². The smallest absolute Gasteiger partial charge is 0.168 e. The van der Waals surface area contributed by atoms with Crippen molar-refractivity contribution in [2.45, 2.75) is 50.7 Å². The first-order valence-electron chi connectivity index (χ1n) is 7.69. The third-order valence-electron chi connectivity index (χ3n) is 4.46. The molecule has 1 aliphatic carbocycles. The van der Waals surface area contributed by atoms with Gasteiger partial charge in [-0.2, -0.15) is 0 Å². The first kappa shape index (κ1) is 16.2. The van der Waals surface area contributed by atoms with Gasteiger partial charge in [0.25, 0.3) is 0 Å². The molecule has 21 heavy (non-hydrogen) atoms. The van der Waals surface area contributed by atoms with Crippen molar-refractivity contribution in [1.29, 1.82) is 0 Å². The van der Waals surface area contributed by atoms with Gasteiger partial charge in [-0.3, -0.25) is 0 Å². The van der Waals surface area contributed by atoms with Crippen LogP contribution in [0.3, 0.4) is 0 Å². The van der Waals surface area contributed by atoms with Crippen LogP contribution < -0.4 is 4.74 Å². The molecule has 0 amide bonds. The average molecular weight is 296 g/mol. The minimum atomic E-state index is -0.695. The molecule has 0 aromatic heterocycles. The van der Waals surface area contributed by atoms with Crippen molar-refractivity contribution in [3.63, 3.8) is 0 Å². The predicted octanol–water partition coefficient (Wildman–Crippen LogP) is 3.33. The lowest BCUT2D eigenvalue weighted by molar-refractivity contribution is -0.0538. The predicted molar refractivity (Wildman–Crippen MR) is 80.0 cm³/mol. The average Bonchev–Trinajstić information content (AvgIpc) is 2.51. The van der Waals surface area contributed by atoms with Crippen molar-refractivity contribution in [3.05, 3.63) is 29.6 Å². The molecular formula is C17H25FO3. The molecule has 0 spiro atoms. The van der Waals surface area contributed by atoms with Crippen LogP contribution >= 0.6 is 0 Å². The molecular weight excluding hydrogens is 271 g/mol. The van der Waals surface area contributed by atoms with Crippen LogP contribution in [-0.4, -0.2) is 31.5 Å². The topological polar surface area (TPSA) is 38.7 Å². The van der Waals surface area contributed by atoms with Gasteiger partial charge in [-0.25, -0.2) is 4.39 Å². The summed E-state index contributed by atoms with van der Waals surface area (Å²) >= 11 is 0. The Morgan fingerprint density at radius 1 is 1.24 bits per heavy atom. The van der Waals surface area contributed by atoms with E-state index in [9.17, 15) is 9.50 Å². The normalized spacial score (nSPS) is 19.2. The minimum Gasteiger partial charge on any atom is -0.494 e. The highest BCUT2D eigenvalue weighted by atomic mass is 19.1. The maximum atomic E-state index is 14.2. The second-order valence-corrected chi connectivity index (χ2v) is 5.80. The second kappa shape index (κ2) is 7.76. The largest absolute Gasteiger partial charge is 0.494 e. The van der Waals surface area contributed by atoms with E-state index in [1.807, 2.05) is 0 Å². The fourth-order valence-electron chi connectivity index (χ4n) is 3.34. The molecule has 0 heterocycles. The molecule has 0 bridgehead atoms. The standard InChI is InChI=1S/C17H25FO3/c1-20-15-10-6-9-13(16(15)18)11-14(19)17(21-2)12-7-4-3-5-8-12/h6,9-10,12,14,17,19H,3-5,7-8,11H2,1-2H3. The molecule has 4 heteroatoms. The number of methoxy groups -OCH3 is 2. The van der Waals surface area contributed by atoms with Crippen molar-refractivity contribution in [3.8, 4) is 5.75 Å². The van der Waals surface area contributed by atoms with E-state index in [1.54, 1.807) is 25.3 Å². The van der Waals surface area contributed by atoms with Crippen LogP contribution in [0.4, 0.5) is 4.39 Å². The summed E-state index contributed by atoms with van der Waals surface area (Å²) in [6.45, 7) is 0. The molecule has 1 aromatic carbocycles. The first-order chi connectivity index (χ1) is 10.2. The van der Waals surface area contributed by atoms with E-state index in [4.69, 9.17) is 9.47 Å². The lowest BCUT2D eigenvalue weighted by Gasteiger charge is -2.32. The third-order valence-corrected chi connectivity index (χ3v) is 4.46. The zero-order chi connectivity index (χ0) is 15.2. The van der Waals surface area contributed by atoms with E-state index in [-0.39, 0.29) is 18.3 Å². The molecule has 3 nitrogen and oxygen atoms in total. The Kier molecular flexibility index (Phi) is 6.00. The summed E-state index contributed by atoms with van der Waals surface area (Å²) in [5.74, 6) is 0.191. The van der Waals surface area contributed by atoms with Gasteiger partial charge < -0.3 is 14.6 Å². The fraction of sp³-hybridized carbons (Fsp3) is 0.647. The number of rotatable bonds is 6. The number of benzene rings is 1. The molecule has 1 N–H and O–H groups in total. The molecule has 1 saturated carbocycles. The van der Waals surface area contributed by atoms with Crippen molar-refractivity contribution in [2.75, 3.05) is 14.2 Å². The highest BCUT2D eigenvalue weighted by Crippen LogP contribution is 2.31. The van der Waals surface area contributed by atoms with Crippen LogP contribution in [0.2, 0.25) is 0 Å². The Morgan fingerprint density at radius 3 is 2.57 bits per heavy atom. The zero-order valence-electron chi connectivity index (χ0n) is 12.8. The highest BCUT2D eigenvalue weighted by molar-refractivity contribution is 5.31. The van der Waals surface area contributed by atoms with Gasteiger partial charge in [0.05, 0.1) is 19.3 Å². The molecule has 0 radical (unpaired) electrons. The van der Waals surface area contributed by atoms with Crippen LogP contribution in [0.5, 0.6) is 5.75 Å². The number of halogens is 1. The lowest BCUT2D eigenvalue weighted by Crippen LogP contribution is -2.38. The monoisotopic (exact) mass is 296 g/mol. The van der Waals surface area contributed by atoms with Crippen molar-refractivity contribution >= 4 is 0 Å². The van der Waals surface area contributed by atoms with Crippen molar-refractivity contribution < 1.29 is 19.0 Å². The van der Waals surface area contributed by atoms with Gasteiger partial charge in [0.2, 0.25) is 0 Å². The van der Waals surface area contributed by atoms with Crippen LogP contribution in [-0.2, 0) is 11.2 Å². The maximum absolute atomic E-state index is 14.2. The Hall–Kier alpha value is -1.13. The summed E-state index contributed by atoms with van der Waals surface area (Å²) in [5, 5.41) is 10.5. The van der Waals surface area contributed by atoms with E-state index < -0.39 is 11.9 Å². The van der Waals surface area contributed by atoms with Gasteiger partial charge in [0.15, 0.2) is 11.6 Å². The molecule has 1 fully saturated rings. The number of aliphatic hydroxyl groups is 1. The lowest BCUT2D eigenvalue weighted by atomic mass is 9.82. The molecule has 2 unspecified atom stereocenters. The molecule has 0 aliphatic heterocycles. The van der Waals surface area contributed by atoms with E-state index in [0.717, 1.165) is 12.8 Å². The van der Waals surface area contributed by atoms with Crippen LogP contribution in [0.25, 0.3) is 0 Å². The zero-order valence-corrected chi connectivity index (χ0v) is 12.8. The van der Waals surface area contributed by atoms with E-state index in [2.05, 4.69) is 0 Å². The van der Waals surface area contributed by atoms with Crippen molar-refractivity contribution in [2.24, 2.45) is 5.92 Å². The summed E-state index contributed by atoms with van der Waals surface area (Å²) < 4.78 is 24.7. The van der Waals surface area contributed by atoms with Gasteiger partial charge in [0.1, 0.15) is 0 Å². The summed E-state index contributed by atoms with van der Waals surface area (Å²) in [4.78, 5) is 0. The second-order valence-electron chi connectivity index (χ2n) is 5.80. The number of hydrogen-bond acceptors (Lipinski definition) is 3. The quantitative estimate of drug-likeness (QED) is 0.875. The van der Waals surface area contributed by atoms with Crippen LogP contribution in [0.15, 0.2) is 18.2 Å². The Morgan fingerprint density at radius 2 is 1.95 bits per heavy atom. The Labute approximate surface area is 126 Å². The molecule has 0 saturated heterocycles. The molecule has 2 atom stereocenters. The van der Waals surface area contributed by atoms with Gasteiger partial charge in [-0.05, 0) is 30.4 Å². The van der Waals surface area contributed by atoms with Gasteiger partial charge in [0, 0.05) is 13.5 Å². The molecule has 2 rings (SSSR count). The minimum absolute atomic E-state index is 0.214. The van der Waals surface area contributed by atoms with Crippen LogP contribution in [0, 0.1) is 11.7 Å². The summed E-state index contributed by atoms with van der Waals surface area (Å²) in [5.41, 5.74) is 0.472. The highest BCUT2D eigenvalue weighted by Gasteiger charge is 2.30. The molecule has 1 aliphatic rings. The van der Waals surface area contributed by atoms with E-state index >= 15 is 0 Å². The Bertz CT molecular complexity index is 444. The number of aliphatic hydroxyl groups excluding tert-OH is 1. The van der Waals surface area contributed by atoms with Crippen molar-refractivity contribution in [1.82, 2.24) is 0 Å². The number of ether oxygens (including phenoxy) is 2. The fourth-order valence-corrected chi connectivity index (χ4v) is 3.34.